The first-order valence-corrected chi connectivity index (χ1v) is 14.4. The topological polar surface area (TPSA) is 110 Å². The SMILES string of the molecule is COc1cc(/C=N\NC(=O)CN(c2ccccn2)S(=O)(=O)c2ccccc2)cc(Br)c1OCc1ccc(C)cc1. The summed E-state index contributed by atoms with van der Waals surface area (Å²) in [7, 11) is -2.52. The summed E-state index contributed by atoms with van der Waals surface area (Å²) in [6, 6.07) is 24.2. The number of halogens is 1. The van der Waals surface area contributed by atoms with E-state index in [0.29, 0.717) is 28.1 Å². The normalized spacial score (nSPS) is 11.3. The minimum absolute atomic E-state index is 0.0404. The monoisotopic (exact) mass is 622 g/mol. The van der Waals surface area contributed by atoms with Crippen molar-refractivity contribution in [2.45, 2.75) is 18.4 Å². The smallest absolute Gasteiger partial charge is 0.265 e. The Bertz CT molecular complexity index is 1580. The molecule has 4 aromatic rings. The highest BCUT2D eigenvalue weighted by Gasteiger charge is 2.27. The molecule has 206 valence electrons. The third kappa shape index (κ3) is 7.25. The zero-order chi connectivity index (χ0) is 28.5. The molecule has 1 aromatic heterocycles. The number of ether oxygens (including phenoxy) is 2. The summed E-state index contributed by atoms with van der Waals surface area (Å²) in [6.45, 7) is 1.86. The summed E-state index contributed by atoms with van der Waals surface area (Å²) in [6.07, 6.45) is 2.88. The Morgan fingerprint density at radius 2 is 1.77 bits per heavy atom. The van der Waals surface area contributed by atoms with Crippen molar-refractivity contribution >= 4 is 43.9 Å². The van der Waals surface area contributed by atoms with Gasteiger partial charge in [0, 0.05) is 6.20 Å². The molecule has 3 aromatic carbocycles. The highest BCUT2D eigenvalue weighted by molar-refractivity contribution is 9.10. The van der Waals surface area contributed by atoms with E-state index in [-0.39, 0.29) is 10.7 Å². The predicted molar refractivity (Wildman–Crippen MR) is 157 cm³/mol. The van der Waals surface area contributed by atoms with Crippen molar-refractivity contribution in [2.24, 2.45) is 5.10 Å². The lowest BCUT2D eigenvalue weighted by atomic mass is 10.2. The van der Waals surface area contributed by atoms with E-state index in [2.05, 4.69) is 31.4 Å². The number of benzene rings is 3. The number of aryl methyl sites for hydroxylation is 1. The molecular weight excluding hydrogens is 596 g/mol. The number of carbonyl (C=O) groups is 1. The first kappa shape index (κ1) is 28.8. The molecule has 0 unspecified atom stereocenters. The molecule has 0 aliphatic heterocycles. The van der Waals surface area contributed by atoms with Crippen LogP contribution < -0.4 is 19.2 Å². The average molecular weight is 624 g/mol. The van der Waals surface area contributed by atoms with Gasteiger partial charge in [0.25, 0.3) is 15.9 Å². The van der Waals surface area contributed by atoms with Gasteiger partial charge < -0.3 is 9.47 Å². The van der Waals surface area contributed by atoms with E-state index in [4.69, 9.17) is 9.47 Å². The molecule has 1 amide bonds. The van der Waals surface area contributed by atoms with Crippen molar-refractivity contribution in [1.29, 1.82) is 0 Å². The first-order chi connectivity index (χ1) is 19.3. The molecule has 0 atom stereocenters. The summed E-state index contributed by atoms with van der Waals surface area (Å²) in [5, 5.41) is 4.01. The van der Waals surface area contributed by atoms with E-state index in [1.54, 1.807) is 42.5 Å². The van der Waals surface area contributed by atoms with Crippen LogP contribution in [0.5, 0.6) is 11.5 Å². The first-order valence-electron chi connectivity index (χ1n) is 12.1. The molecule has 1 heterocycles. The van der Waals surface area contributed by atoms with Gasteiger partial charge in [0.1, 0.15) is 19.0 Å². The van der Waals surface area contributed by atoms with Crippen LogP contribution in [-0.2, 0) is 21.4 Å². The van der Waals surface area contributed by atoms with Gasteiger partial charge >= 0.3 is 0 Å². The number of hydrogen-bond acceptors (Lipinski definition) is 7. The lowest BCUT2D eigenvalue weighted by Gasteiger charge is -2.22. The number of aromatic nitrogens is 1. The molecule has 11 heteroatoms. The van der Waals surface area contributed by atoms with E-state index in [0.717, 1.165) is 9.87 Å². The second-order valence-electron chi connectivity index (χ2n) is 8.61. The minimum Gasteiger partial charge on any atom is -0.493 e. The Kier molecular flexibility index (Phi) is 9.52. The van der Waals surface area contributed by atoms with Crippen LogP contribution in [0.15, 0.2) is 106 Å². The van der Waals surface area contributed by atoms with Crippen molar-refractivity contribution < 1.29 is 22.7 Å². The van der Waals surface area contributed by atoms with Gasteiger partial charge in [-0.2, -0.15) is 5.10 Å². The van der Waals surface area contributed by atoms with Crippen LogP contribution in [0, 0.1) is 6.92 Å². The highest BCUT2D eigenvalue weighted by atomic mass is 79.9. The number of sulfonamides is 1. The van der Waals surface area contributed by atoms with Crippen molar-refractivity contribution in [2.75, 3.05) is 18.0 Å². The van der Waals surface area contributed by atoms with Crippen molar-refractivity contribution in [3.8, 4) is 11.5 Å². The number of hydrogen-bond donors (Lipinski definition) is 1. The van der Waals surface area contributed by atoms with E-state index in [1.165, 1.54) is 43.3 Å². The zero-order valence-corrected chi connectivity index (χ0v) is 24.2. The van der Waals surface area contributed by atoms with Gasteiger partial charge in [-0.3, -0.25) is 4.79 Å². The Labute approximate surface area is 241 Å². The van der Waals surface area contributed by atoms with Gasteiger partial charge in [0.15, 0.2) is 11.5 Å². The number of methoxy groups -OCH3 is 1. The predicted octanol–water partition coefficient (Wildman–Crippen LogP) is 5.09. The number of nitrogens with one attached hydrogen (secondary N) is 1. The summed E-state index contributed by atoms with van der Waals surface area (Å²) in [5.41, 5.74) is 5.19. The van der Waals surface area contributed by atoms with E-state index in [1.807, 2.05) is 31.2 Å². The number of anilines is 1. The Balaban J connectivity index is 1.46. The molecule has 0 saturated heterocycles. The number of amides is 1. The fraction of sp³-hybridized carbons (Fsp3) is 0.138. The lowest BCUT2D eigenvalue weighted by molar-refractivity contribution is -0.119. The van der Waals surface area contributed by atoms with Crippen LogP contribution >= 0.6 is 15.9 Å². The van der Waals surface area contributed by atoms with Crippen molar-refractivity contribution in [1.82, 2.24) is 10.4 Å². The largest absolute Gasteiger partial charge is 0.493 e. The molecule has 0 aliphatic carbocycles. The van der Waals surface area contributed by atoms with Crippen LogP contribution in [-0.4, -0.2) is 39.2 Å². The molecular formula is C29H27BrN4O5S. The molecule has 0 saturated carbocycles. The number of hydrazone groups is 1. The number of rotatable bonds is 11. The third-order valence-corrected chi connectivity index (χ3v) is 8.03. The van der Waals surface area contributed by atoms with E-state index < -0.39 is 22.5 Å². The number of pyridine rings is 1. The maximum atomic E-state index is 13.3. The zero-order valence-electron chi connectivity index (χ0n) is 21.8. The third-order valence-electron chi connectivity index (χ3n) is 5.68. The Hall–Kier alpha value is -4.22. The maximum Gasteiger partial charge on any atom is 0.265 e. The molecule has 4 rings (SSSR count). The van der Waals surface area contributed by atoms with E-state index >= 15 is 0 Å². The second kappa shape index (κ2) is 13.2. The molecule has 0 spiro atoms. The maximum absolute atomic E-state index is 13.3. The van der Waals surface area contributed by atoms with Gasteiger partial charge in [-0.15, -0.1) is 0 Å². The molecule has 0 fully saturated rings. The molecule has 0 radical (unpaired) electrons. The molecule has 0 aliphatic rings. The average Bonchev–Trinajstić information content (AvgIpc) is 2.97. The van der Waals surface area contributed by atoms with Gasteiger partial charge in [0.2, 0.25) is 0 Å². The molecule has 0 bridgehead atoms. The van der Waals surface area contributed by atoms with Gasteiger partial charge in [-0.25, -0.2) is 23.1 Å². The summed E-state index contributed by atoms with van der Waals surface area (Å²) < 4.78 is 39.7. The van der Waals surface area contributed by atoms with Crippen LogP contribution in [0.25, 0.3) is 0 Å². The quantitative estimate of drug-likeness (QED) is 0.184. The standard InChI is InChI=1S/C29H27BrN4O5S/c1-21-11-13-22(14-12-21)20-39-29-25(30)16-23(17-26(29)38-2)18-32-33-28(35)19-34(27-10-6-7-15-31-27)40(36,37)24-8-4-3-5-9-24/h3-18H,19-20H2,1-2H3,(H,33,35)/b32-18-. The molecule has 9 nitrogen and oxygen atoms in total. The van der Waals surface area contributed by atoms with Gasteiger partial charge in [-0.1, -0.05) is 54.1 Å². The number of nitrogens with zero attached hydrogens (tertiary/aromatic N) is 3. The van der Waals surface area contributed by atoms with Crippen molar-refractivity contribution in [3.05, 3.63) is 112 Å². The summed E-state index contributed by atoms with van der Waals surface area (Å²) >= 11 is 3.51. The lowest BCUT2D eigenvalue weighted by Crippen LogP contribution is -2.40. The molecule has 40 heavy (non-hydrogen) atoms. The van der Waals surface area contributed by atoms with Gasteiger partial charge in [0.05, 0.1) is 22.7 Å². The summed E-state index contributed by atoms with van der Waals surface area (Å²) in [5.74, 6) is 0.469. The Morgan fingerprint density at radius 1 is 1.05 bits per heavy atom. The number of carbonyl (C=O) groups excluding carboxylic acids is 1. The Morgan fingerprint density at radius 3 is 2.45 bits per heavy atom. The van der Waals surface area contributed by atoms with E-state index in [9.17, 15) is 13.2 Å². The summed E-state index contributed by atoms with van der Waals surface area (Å²) in [4.78, 5) is 16.9. The highest BCUT2D eigenvalue weighted by Crippen LogP contribution is 2.37. The van der Waals surface area contributed by atoms with Gasteiger partial charge in [-0.05, 0) is 70.4 Å². The fourth-order valence-corrected chi connectivity index (χ4v) is 5.62. The fourth-order valence-electron chi connectivity index (χ4n) is 3.65. The second-order valence-corrected chi connectivity index (χ2v) is 11.3. The van der Waals surface area contributed by atoms with Crippen LogP contribution in [0.4, 0.5) is 5.82 Å². The van der Waals surface area contributed by atoms with Crippen LogP contribution in [0.3, 0.4) is 0 Å². The molecule has 1 N–H and O–H groups in total. The van der Waals surface area contributed by atoms with Crippen LogP contribution in [0.2, 0.25) is 0 Å². The van der Waals surface area contributed by atoms with Crippen LogP contribution in [0.1, 0.15) is 16.7 Å². The van der Waals surface area contributed by atoms with Crippen molar-refractivity contribution in [3.63, 3.8) is 0 Å². The minimum atomic E-state index is -4.05.